The summed E-state index contributed by atoms with van der Waals surface area (Å²) in [5, 5.41) is 10.5. The van der Waals surface area contributed by atoms with Crippen molar-refractivity contribution in [1.82, 2.24) is 25.3 Å². The lowest BCUT2D eigenvalue weighted by Gasteiger charge is -2.35. The Morgan fingerprint density at radius 1 is 1.29 bits per heavy atom. The molecule has 3 rings (SSSR count). The second-order valence-corrected chi connectivity index (χ2v) is 7.47. The lowest BCUT2D eigenvalue weighted by atomic mass is 9.95. The third-order valence-electron chi connectivity index (χ3n) is 5.34. The van der Waals surface area contributed by atoms with Crippen LogP contribution in [0.2, 0.25) is 0 Å². The summed E-state index contributed by atoms with van der Waals surface area (Å²) in [5.74, 6) is 0.745. The van der Waals surface area contributed by atoms with Crippen LogP contribution < -0.4 is 15.5 Å². The van der Waals surface area contributed by atoms with E-state index in [1.54, 1.807) is 22.8 Å². The molecule has 1 saturated carbocycles. The molecule has 2 fully saturated rings. The van der Waals surface area contributed by atoms with Crippen molar-refractivity contribution >= 4 is 23.5 Å². The van der Waals surface area contributed by atoms with Crippen LogP contribution in [0.3, 0.4) is 0 Å². The van der Waals surface area contributed by atoms with E-state index in [1.165, 1.54) is 19.3 Å². The summed E-state index contributed by atoms with van der Waals surface area (Å²) >= 11 is 0. The Hall–Kier alpha value is -2.58. The number of anilines is 1. The van der Waals surface area contributed by atoms with Crippen LogP contribution in [-0.4, -0.2) is 71.7 Å². The summed E-state index contributed by atoms with van der Waals surface area (Å²) in [6, 6.07) is 0.332. The monoisotopic (exact) mass is 389 g/mol. The van der Waals surface area contributed by atoms with Crippen LogP contribution in [0.5, 0.6) is 0 Å². The second kappa shape index (κ2) is 9.57. The first kappa shape index (κ1) is 20.2. The van der Waals surface area contributed by atoms with Crippen molar-refractivity contribution in [3.05, 3.63) is 12.4 Å². The smallest absolute Gasteiger partial charge is 0.246 e. The Labute approximate surface area is 166 Å². The van der Waals surface area contributed by atoms with Crippen molar-refractivity contribution in [1.29, 1.82) is 0 Å². The molecule has 1 aliphatic heterocycles. The van der Waals surface area contributed by atoms with E-state index in [2.05, 4.69) is 20.7 Å². The van der Waals surface area contributed by atoms with Crippen LogP contribution in [-0.2, 0) is 16.6 Å². The highest BCUT2D eigenvalue weighted by Crippen LogP contribution is 2.17. The summed E-state index contributed by atoms with van der Waals surface area (Å²) in [6.45, 7) is 2.01. The zero-order valence-electron chi connectivity index (χ0n) is 16.9. The van der Waals surface area contributed by atoms with Gasteiger partial charge in [-0.15, -0.1) is 0 Å². The van der Waals surface area contributed by atoms with Gasteiger partial charge in [-0.05, 0) is 12.8 Å². The first-order valence-corrected chi connectivity index (χ1v) is 10.1. The Kier molecular flexibility index (Phi) is 6.89. The molecule has 28 heavy (non-hydrogen) atoms. The number of rotatable bonds is 5. The summed E-state index contributed by atoms with van der Waals surface area (Å²) in [6.07, 6.45) is 9.80. The van der Waals surface area contributed by atoms with Gasteiger partial charge in [0.2, 0.25) is 11.8 Å². The number of nitrogens with zero attached hydrogens (tertiary/aromatic N) is 5. The lowest BCUT2D eigenvalue weighted by Crippen LogP contribution is -2.55. The molecule has 1 aromatic heterocycles. The fourth-order valence-corrected chi connectivity index (χ4v) is 3.84. The number of aromatic nitrogens is 2. The van der Waals surface area contributed by atoms with Crippen LogP contribution in [0, 0.1) is 0 Å². The number of hydrogen-bond acceptors (Lipinski definition) is 4. The van der Waals surface area contributed by atoms with E-state index in [1.807, 2.05) is 18.1 Å². The number of hydrogen-bond donors (Lipinski definition) is 2. The van der Waals surface area contributed by atoms with Gasteiger partial charge in [0.05, 0.1) is 11.9 Å². The van der Waals surface area contributed by atoms with E-state index in [9.17, 15) is 9.59 Å². The molecule has 9 heteroatoms. The van der Waals surface area contributed by atoms with Gasteiger partial charge in [0.1, 0.15) is 6.54 Å². The molecule has 2 amide bonds. The van der Waals surface area contributed by atoms with E-state index in [0.29, 0.717) is 38.1 Å². The van der Waals surface area contributed by atoms with Crippen LogP contribution in [0.4, 0.5) is 5.69 Å². The van der Waals surface area contributed by atoms with Crippen molar-refractivity contribution in [2.24, 2.45) is 12.0 Å². The molecule has 0 aromatic carbocycles. The maximum absolute atomic E-state index is 12.5. The van der Waals surface area contributed by atoms with E-state index >= 15 is 0 Å². The largest absolute Gasteiger partial charge is 0.356 e. The highest BCUT2D eigenvalue weighted by Gasteiger charge is 2.27. The fraction of sp³-hybridized carbons (Fsp3) is 0.684. The summed E-state index contributed by atoms with van der Waals surface area (Å²) < 4.78 is 1.69. The number of piperazine rings is 1. The molecule has 0 radical (unpaired) electrons. The zero-order chi connectivity index (χ0) is 19.9. The first-order chi connectivity index (χ1) is 13.6. The van der Waals surface area contributed by atoms with E-state index in [0.717, 1.165) is 18.5 Å². The molecular formula is C19H31N7O2. The third kappa shape index (κ3) is 5.24. The number of nitrogens with one attached hydrogen (secondary N) is 2. The number of carbonyl (C=O) groups is 2. The Morgan fingerprint density at radius 2 is 2.07 bits per heavy atom. The van der Waals surface area contributed by atoms with Crippen molar-refractivity contribution in [3.63, 3.8) is 0 Å². The Morgan fingerprint density at radius 3 is 2.71 bits per heavy atom. The van der Waals surface area contributed by atoms with Crippen molar-refractivity contribution in [3.8, 4) is 0 Å². The van der Waals surface area contributed by atoms with Gasteiger partial charge in [-0.3, -0.25) is 19.3 Å². The van der Waals surface area contributed by atoms with Gasteiger partial charge in [0, 0.05) is 52.4 Å². The van der Waals surface area contributed by atoms with Crippen LogP contribution in [0.15, 0.2) is 17.4 Å². The highest BCUT2D eigenvalue weighted by atomic mass is 16.2. The maximum Gasteiger partial charge on any atom is 0.246 e. The van der Waals surface area contributed by atoms with Gasteiger partial charge in [-0.25, -0.2) is 0 Å². The minimum Gasteiger partial charge on any atom is -0.356 e. The summed E-state index contributed by atoms with van der Waals surface area (Å²) in [7, 11) is 3.53. The second-order valence-electron chi connectivity index (χ2n) is 7.47. The standard InChI is InChI=1S/C19H31N7O2/c1-20-19(21-9-8-17(27)23-15-6-4-3-5-7-15)25-10-11-26(18(28)14-25)16-12-22-24(2)13-16/h12-13,15H,3-11,14H2,1-2H3,(H,20,21)(H,23,27). The number of amides is 2. The molecule has 0 atom stereocenters. The van der Waals surface area contributed by atoms with E-state index < -0.39 is 0 Å². The molecule has 1 aliphatic carbocycles. The Balaban J connectivity index is 1.43. The predicted molar refractivity (Wildman–Crippen MR) is 108 cm³/mol. The number of aryl methyl sites for hydroxylation is 1. The van der Waals surface area contributed by atoms with Crippen LogP contribution in [0.1, 0.15) is 38.5 Å². The average molecular weight is 390 g/mol. The molecular weight excluding hydrogens is 358 g/mol. The quantitative estimate of drug-likeness (QED) is 0.564. The number of guanidine groups is 1. The molecule has 0 unspecified atom stereocenters. The van der Waals surface area contributed by atoms with Gasteiger partial charge >= 0.3 is 0 Å². The third-order valence-corrected chi connectivity index (χ3v) is 5.34. The van der Waals surface area contributed by atoms with Crippen molar-refractivity contribution in [2.45, 2.75) is 44.6 Å². The maximum atomic E-state index is 12.5. The molecule has 9 nitrogen and oxygen atoms in total. The number of aliphatic imine (C=N–C) groups is 1. The molecule has 2 aliphatic rings. The van der Waals surface area contributed by atoms with Crippen molar-refractivity contribution < 1.29 is 9.59 Å². The molecule has 1 aromatic rings. The van der Waals surface area contributed by atoms with Gasteiger partial charge in [-0.2, -0.15) is 5.10 Å². The minimum absolute atomic E-state index is 0.0113. The van der Waals surface area contributed by atoms with Crippen LogP contribution >= 0.6 is 0 Å². The molecule has 2 N–H and O–H groups in total. The lowest BCUT2D eigenvalue weighted by molar-refractivity contribution is -0.122. The topological polar surface area (TPSA) is 94.9 Å². The Bertz CT molecular complexity index is 709. The average Bonchev–Trinajstić information content (AvgIpc) is 3.12. The summed E-state index contributed by atoms with van der Waals surface area (Å²) in [5.41, 5.74) is 0.814. The molecule has 1 saturated heterocycles. The van der Waals surface area contributed by atoms with E-state index in [-0.39, 0.29) is 18.4 Å². The van der Waals surface area contributed by atoms with Gasteiger partial charge < -0.3 is 20.4 Å². The summed E-state index contributed by atoms with van der Waals surface area (Å²) in [4.78, 5) is 32.6. The molecule has 0 bridgehead atoms. The molecule has 0 spiro atoms. The van der Waals surface area contributed by atoms with Crippen LogP contribution in [0.25, 0.3) is 0 Å². The van der Waals surface area contributed by atoms with Gasteiger partial charge in [0.15, 0.2) is 5.96 Å². The first-order valence-electron chi connectivity index (χ1n) is 10.1. The normalized spacial score (nSPS) is 19.1. The highest BCUT2D eigenvalue weighted by molar-refractivity contribution is 5.98. The predicted octanol–water partition coefficient (Wildman–Crippen LogP) is 0.483. The van der Waals surface area contributed by atoms with Gasteiger partial charge in [0.25, 0.3) is 0 Å². The van der Waals surface area contributed by atoms with Crippen molar-refractivity contribution in [2.75, 3.05) is 38.1 Å². The molecule has 154 valence electrons. The van der Waals surface area contributed by atoms with Gasteiger partial charge in [-0.1, -0.05) is 19.3 Å². The van der Waals surface area contributed by atoms with E-state index in [4.69, 9.17) is 0 Å². The SMILES string of the molecule is CN=C(NCCC(=O)NC1CCCCC1)N1CCN(c2cnn(C)c2)C(=O)C1. The fourth-order valence-electron chi connectivity index (χ4n) is 3.84. The minimum atomic E-state index is 0.0113. The molecule has 2 heterocycles. The number of carbonyl (C=O) groups excluding carboxylic acids is 2. The zero-order valence-corrected chi connectivity index (χ0v) is 16.9.